The quantitative estimate of drug-likeness (QED) is 0.534. The molecule has 0 radical (unpaired) electrons. The van der Waals surface area contributed by atoms with Gasteiger partial charge in [0.15, 0.2) is 0 Å². The van der Waals surface area contributed by atoms with E-state index in [1.165, 1.54) is 0 Å². The Hall–Kier alpha value is -3.61. The van der Waals surface area contributed by atoms with Crippen molar-refractivity contribution in [3.8, 4) is 0 Å². The van der Waals surface area contributed by atoms with Crippen molar-refractivity contribution >= 4 is 39.9 Å². The van der Waals surface area contributed by atoms with E-state index in [0.717, 1.165) is 18.4 Å². The van der Waals surface area contributed by atoms with Gasteiger partial charge in [-0.15, -0.1) is 0 Å². The number of rotatable bonds is 6. The first-order chi connectivity index (χ1) is 13.1. The minimum atomic E-state index is -0.559. The van der Waals surface area contributed by atoms with Crippen molar-refractivity contribution in [3.63, 3.8) is 0 Å². The van der Waals surface area contributed by atoms with Crippen LogP contribution >= 0.6 is 0 Å². The molecule has 138 valence electrons. The summed E-state index contributed by atoms with van der Waals surface area (Å²) < 4.78 is 0. The number of amides is 3. The Morgan fingerprint density at radius 1 is 1.04 bits per heavy atom. The molecule has 0 saturated heterocycles. The summed E-state index contributed by atoms with van der Waals surface area (Å²) in [7, 11) is 0. The standard InChI is InChI=1S/C20H21N5O2/c1-2-10-22-16-9-8-14(12-15(16)19(21)26)24-20(27)25-17-7-3-5-13-6-4-11-23-18(13)17/h3-9,11-12,22H,2,10H2,1H3,(H2,21,26)(H2,24,25,27). The number of primary amides is 1. The number of carbonyl (C=O) groups is 2. The zero-order chi connectivity index (χ0) is 19.2. The highest BCUT2D eigenvalue weighted by Gasteiger charge is 2.11. The molecule has 0 bridgehead atoms. The van der Waals surface area contributed by atoms with Gasteiger partial charge in [-0.2, -0.15) is 0 Å². The predicted molar refractivity (Wildman–Crippen MR) is 108 cm³/mol. The normalized spacial score (nSPS) is 10.4. The highest BCUT2D eigenvalue weighted by molar-refractivity contribution is 6.06. The summed E-state index contributed by atoms with van der Waals surface area (Å²) in [6.07, 6.45) is 2.59. The highest BCUT2D eigenvalue weighted by atomic mass is 16.2. The lowest BCUT2D eigenvalue weighted by molar-refractivity contribution is 0.100. The monoisotopic (exact) mass is 363 g/mol. The van der Waals surface area contributed by atoms with E-state index in [9.17, 15) is 9.59 Å². The number of nitrogens with one attached hydrogen (secondary N) is 3. The second-order valence-electron chi connectivity index (χ2n) is 6.01. The van der Waals surface area contributed by atoms with Gasteiger partial charge in [-0.25, -0.2) is 4.79 Å². The van der Waals surface area contributed by atoms with Crippen LogP contribution in [-0.4, -0.2) is 23.5 Å². The van der Waals surface area contributed by atoms with Gasteiger partial charge in [0.25, 0.3) is 5.91 Å². The third-order valence-electron chi connectivity index (χ3n) is 3.99. The van der Waals surface area contributed by atoms with Gasteiger partial charge in [-0.1, -0.05) is 25.1 Å². The van der Waals surface area contributed by atoms with Gasteiger partial charge in [0.1, 0.15) is 0 Å². The van der Waals surface area contributed by atoms with Crippen LogP contribution in [0.1, 0.15) is 23.7 Å². The number of benzene rings is 2. The van der Waals surface area contributed by atoms with Gasteiger partial charge in [-0.05, 0) is 36.8 Å². The van der Waals surface area contributed by atoms with Crippen molar-refractivity contribution in [1.82, 2.24) is 4.98 Å². The Balaban J connectivity index is 1.77. The molecule has 0 aliphatic carbocycles. The number of hydrogen-bond acceptors (Lipinski definition) is 4. The van der Waals surface area contributed by atoms with Crippen molar-refractivity contribution in [2.24, 2.45) is 5.73 Å². The van der Waals surface area contributed by atoms with E-state index < -0.39 is 11.9 Å². The van der Waals surface area contributed by atoms with E-state index in [-0.39, 0.29) is 0 Å². The molecule has 7 heteroatoms. The summed E-state index contributed by atoms with van der Waals surface area (Å²) in [6, 6.07) is 13.9. The molecule has 0 spiro atoms. The SMILES string of the molecule is CCCNc1ccc(NC(=O)Nc2cccc3cccnc23)cc1C(N)=O. The molecule has 1 heterocycles. The number of anilines is 3. The minimum absolute atomic E-state index is 0.327. The summed E-state index contributed by atoms with van der Waals surface area (Å²) in [5.74, 6) is -0.559. The van der Waals surface area contributed by atoms with Gasteiger partial charge in [0, 0.05) is 29.5 Å². The maximum Gasteiger partial charge on any atom is 0.323 e. The number of hydrogen-bond donors (Lipinski definition) is 4. The molecule has 3 aromatic rings. The lowest BCUT2D eigenvalue weighted by atomic mass is 10.1. The van der Waals surface area contributed by atoms with E-state index in [0.29, 0.717) is 28.1 Å². The van der Waals surface area contributed by atoms with Crippen molar-refractivity contribution in [2.45, 2.75) is 13.3 Å². The molecule has 2 aromatic carbocycles. The van der Waals surface area contributed by atoms with Gasteiger partial charge < -0.3 is 21.7 Å². The Kier molecular flexibility index (Phi) is 5.51. The van der Waals surface area contributed by atoms with Crippen LogP contribution < -0.4 is 21.7 Å². The van der Waals surface area contributed by atoms with Gasteiger partial charge in [0.2, 0.25) is 0 Å². The molecule has 5 N–H and O–H groups in total. The molecule has 0 fully saturated rings. The van der Waals surface area contributed by atoms with Crippen LogP contribution in [-0.2, 0) is 0 Å². The average Bonchev–Trinajstić information content (AvgIpc) is 2.67. The largest absolute Gasteiger partial charge is 0.384 e. The van der Waals surface area contributed by atoms with Crippen LogP contribution in [0.5, 0.6) is 0 Å². The summed E-state index contributed by atoms with van der Waals surface area (Å²) in [6.45, 7) is 2.75. The lowest BCUT2D eigenvalue weighted by Crippen LogP contribution is -2.21. The summed E-state index contributed by atoms with van der Waals surface area (Å²) >= 11 is 0. The first-order valence-corrected chi connectivity index (χ1v) is 8.68. The second kappa shape index (κ2) is 8.18. The number of nitrogens with two attached hydrogens (primary N) is 1. The van der Waals surface area contributed by atoms with E-state index >= 15 is 0 Å². The van der Waals surface area contributed by atoms with Crippen LogP contribution in [0.3, 0.4) is 0 Å². The zero-order valence-electron chi connectivity index (χ0n) is 15.0. The fourth-order valence-corrected chi connectivity index (χ4v) is 2.73. The fraction of sp³-hybridized carbons (Fsp3) is 0.150. The average molecular weight is 363 g/mol. The van der Waals surface area contributed by atoms with E-state index in [1.807, 2.05) is 31.2 Å². The Morgan fingerprint density at radius 3 is 2.63 bits per heavy atom. The molecule has 3 amide bonds. The van der Waals surface area contributed by atoms with Gasteiger partial charge in [-0.3, -0.25) is 9.78 Å². The molecular weight excluding hydrogens is 342 g/mol. The van der Waals surface area contributed by atoms with E-state index in [4.69, 9.17) is 5.73 Å². The third-order valence-corrected chi connectivity index (χ3v) is 3.99. The minimum Gasteiger partial charge on any atom is -0.384 e. The molecule has 1 aromatic heterocycles. The first kappa shape index (κ1) is 18.2. The fourth-order valence-electron chi connectivity index (χ4n) is 2.73. The van der Waals surface area contributed by atoms with Crippen molar-refractivity contribution < 1.29 is 9.59 Å². The Bertz CT molecular complexity index is 982. The maximum absolute atomic E-state index is 12.4. The third kappa shape index (κ3) is 4.33. The van der Waals surface area contributed by atoms with E-state index in [2.05, 4.69) is 20.9 Å². The number of nitrogens with zero attached hydrogens (tertiary/aromatic N) is 1. The highest BCUT2D eigenvalue weighted by Crippen LogP contribution is 2.23. The van der Waals surface area contributed by atoms with Crippen LogP contribution in [0, 0.1) is 0 Å². The molecule has 0 atom stereocenters. The molecule has 0 saturated carbocycles. The second-order valence-corrected chi connectivity index (χ2v) is 6.01. The summed E-state index contributed by atoms with van der Waals surface area (Å²) in [5, 5.41) is 9.58. The molecule has 0 aliphatic rings. The molecule has 3 rings (SSSR count). The number of aromatic nitrogens is 1. The van der Waals surface area contributed by atoms with Crippen LogP contribution in [0.15, 0.2) is 54.7 Å². The number of fused-ring (bicyclic) bond motifs is 1. The first-order valence-electron chi connectivity index (χ1n) is 8.68. The smallest absolute Gasteiger partial charge is 0.323 e. The lowest BCUT2D eigenvalue weighted by Gasteiger charge is -2.13. The number of para-hydroxylation sites is 1. The van der Waals surface area contributed by atoms with Gasteiger partial charge in [0.05, 0.1) is 16.8 Å². The number of urea groups is 1. The zero-order valence-corrected chi connectivity index (χ0v) is 15.0. The van der Waals surface area contributed by atoms with Crippen molar-refractivity contribution in [1.29, 1.82) is 0 Å². The molecular formula is C20H21N5O2. The Labute approximate surface area is 157 Å². The summed E-state index contributed by atoms with van der Waals surface area (Å²) in [5.41, 5.74) is 8.20. The van der Waals surface area contributed by atoms with E-state index in [1.54, 1.807) is 30.5 Å². The molecule has 27 heavy (non-hydrogen) atoms. The van der Waals surface area contributed by atoms with Crippen molar-refractivity contribution in [3.05, 3.63) is 60.3 Å². The topological polar surface area (TPSA) is 109 Å². The summed E-state index contributed by atoms with van der Waals surface area (Å²) in [4.78, 5) is 28.4. The van der Waals surface area contributed by atoms with Crippen LogP contribution in [0.4, 0.5) is 21.9 Å². The van der Waals surface area contributed by atoms with Crippen molar-refractivity contribution in [2.75, 3.05) is 22.5 Å². The van der Waals surface area contributed by atoms with Crippen LogP contribution in [0.2, 0.25) is 0 Å². The maximum atomic E-state index is 12.4. The van der Waals surface area contributed by atoms with Gasteiger partial charge >= 0.3 is 6.03 Å². The van der Waals surface area contributed by atoms with Crippen LogP contribution in [0.25, 0.3) is 10.9 Å². The number of carbonyl (C=O) groups excluding carboxylic acids is 2. The predicted octanol–water partition coefficient (Wildman–Crippen LogP) is 3.80. The number of pyridine rings is 1. The molecule has 7 nitrogen and oxygen atoms in total. The molecule has 0 aliphatic heterocycles. The molecule has 0 unspecified atom stereocenters. The Morgan fingerprint density at radius 2 is 1.85 bits per heavy atom.